The SMILES string of the molecule is CCC(CNC(=O)C(NC(N)=O)C(C)C)c1ccccc1. The van der Waals surface area contributed by atoms with Gasteiger partial charge in [0.25, 0.3) is 0 Å². The highest BCUT2D eigenvalue weighted by molar-refractivity contribution is 5.86. The Kier molecular flexibility index (Phi) is 6.72. The van der Waals surface area contributed by atoms with Gasteiger partial charge in [-0.2, -0.15) is 0 Å². The van der Waals surface area contributed by atoms with E-state index in [0.717, 1.165) is 6.42 Å². The average Bonchev–Trinajstić information content (AvgIpc) is 2.46. The van der Waals surface area contributed by atoms with Crippen LogP contribution in [0, 0.1) is 5.92 Å². The van der Waals surface area contributed by atoms with Gasteiger partial charge in [-0.05, 0) is 17.9 Å². The smallest absolute Gasteiger partial charge is 0.312 e. The third-order valence-electron chi connectivity index (χ3n) is 3.53. The average molecular weight is 291 g/mol. The molecule has 0 aliphatic rings. The highest BCUT2D eigenvalue weighted by Crippen LogP contribution is 2.18. The van der Waals surface area contributed by atoms with Gasteiger partial charge in [-0.3, -0.25) is 4.79 Å². The maximum absolute atomic E-state index is 12.2. The molecule has 5 heteroatoms. The molecule has 0 aliphatic carbocycles. The van der Waals surface area contributed by atoms with E-state index in [2.05, 4.69) is 29.7 Å². The van der Waals surface area contributed by atoms with Crippen LogP contribution < -0.4 is 16.4 Å². The molecule has 0 radical (unpaired) electrons. The summed E-state index contributed by atoms with van der Waals surface area (Å²) in [5, 5.41) is 5.40. The Morgan fingerprint density at radius 2 is 1.81 bits per heavy atom. The molecule has 5 nitrogen and oxygen atoms in total. The molecule has 0 saturated heterocycles. The molecule has 0 heterocycles. The summed E-state index contributed by atoms with van der Waals surface area (Å²) in [6.07, 6.45) is 0.930. The first-order valence-corrected chi connectivity index (χ1v) is 7.34. The summed E-state index contributed by atoms with van der Waals surface area (Å²) in [4.78, 5) is 23.2. The van der Waals surface area contributed by atoms with Crippen molar-refractivity contribution in [1.29, 1.82) is 0 Å². The minimum atomic E-state index is -0.682. The molecule has 0 aliphatic heterocycles. The van der Waals surface area contributed by atoms with E-state index < -0.39 is 12.1 Å². The lowest BCUT2D eigenvalue weighted by Gasteiger charge is -2.22. The number of urea groups is 1. The van der Waals surface area contributed by atoms with Gasteiger partial charge < -0.3 is 16.4 Å². The van der Waals surface area contributed by atoms with Crippen LogP contribution in [0.15, 0.2) is 30.3 Å². The molecule has 116 valence electrons. The van der Waals surface area contributed by atoms with Crippen molar-refractivity contribution in [3.05, 3.63) is 35.9 Å². The zero-order valence-corrected chi connectivity index (χ0v) is 12.9. The quantitative estimate of drug-likeness (QED) is 0.717. The van der Waals surface area contributed by atoms with Crippen molar-refractivity contribution in [3.8, 4) is 0 Å². The van der Waals surface area contributed by atoms with Gasteiger partial charge in [-0.1, -0.05) is 51.1 Å². The molecular weight excluding hydrogens is 266 g/mol. The molecule has 21 heavy (non-hydrogen) atoms. The Bertz CT molecular complexity index is 460. The van der Waals surface area contributed by atoms with Crippen molar-refractivity contribution in [3.63, 3.8) is 0 Å². The highest BCUT2D eigenvalue weighted by atomic mass is 16.2. The fraction of sp³-hybridized carbons (Fsp3) is 0.500. The van der Waals surface area contributed by atoms with Crippen molar-refractivity contribution in [2.24, 2.45) is 11.7 Å². The summed E-state index contributed by atoms with van der Waals surface area (Å²) in [7, 11) is 0. The van der Waals surface area contributed by atoms with Gasteiger partial charge in [0, 0.05) is 12.5 Å². The predicted molar refractivity (Wildman–Crippen MR) is 83.8 cm³/mol. The van der Waals surface area contributed by atoms with Crippen LogP contribution in [-0.2, 0) is 4.79 Å². The van der Waals surface area contributed by atoms with Gasteiger partial charge >= 0.3 is 6.03 Å². The van der Waals surface area contributed by atoms with Crippen LogP contribution in [-0.4, -0.2) is 24.5 Å². The zero-order valence-electron chi connectivity index (χ0n) is 12.9. The van der Waals surface area contributed by atoms with Crippen LogP contribution in [0.1, 0.15) is 38.7 Å². The van der Waals surface area contributed by atoms with Crippen molar-refractivity contribution in [2.75, 3.05) is 6.54 Å². The Morgan fingerprint density at radius 1 is 1.19 bits per heavy atom. The lowest BCUT2D eigenvalue weighted by molar-refractivity contribution is -0.123. The lowest BCUT2D eigenvalue weighted by atomic mass is 9.96. The van der Waals surface area contributed by atoms with E-state index in [1.54, 1.807) is 0 Å². The molecule has 0 bridgehead atoms. The maximum atomic E-state index is 12.2. The molecular formula is C16H25N3O2. The number of hydrogen-bond acceptors (Lipinski definition) is 2. The number of primary amides is 1. The summed E-state index contributed by atoms with van der Waals surface area (Å²) >= 11 is 0. The number of rotatable bonds is 7. The topological polar surface area (TPSA) is 84.2 Å². The third-order valence-corrected chi connectivity index (χ3v) is 3.53. The van der Waals surface area contributed by atoms with Crippen molar-refractivity contribution in [1.82, 2.24) is 10.6 Å². The minimum Gasteiger partial charge on any atom is -0.354 e. The molecule has 1 rings (SSSR count). The van der Waals surface area contributed by atoms with E-state index in [1.165, 1.54) is 5.56 Å². The molecule has 2 unspecified atom stereocenters. The van der Waals surface area contributed by atoms with Crippen LogP contribution >= 0.6 is 0 Å². The van der Waals surface area contributed by atoms with Gasteiger partial charge in [0.15, 0.2) is 0 Å². The first kappa shape index (κ1) is 17.0. The van der Waals surface area contributed by atoms with Crippen LogP contribution in [0.5, 0.6) is 0 Å². The Balaban J connectivity index is 2.62. The second-order valence-electron chi connectivity index (χ2n) is 5.49. The van der Waals surface area contributed by atoms with Crippen molar-refractivity contribution >= 4 is 11.9 Å². The normalized spacial score (nSPS) is 13.5. The number of benzene rings is 1. The molecule has 2 atom stereocenters. The van der Waals surface area contributed by atoms with Crippen LogP contribution in [0.4, 0.5) is 4.79 Å². The Hall–Kier alpha value is -2.04. The predicted octanol–water partition coefficient (Wildman–Crippen LogP) is 1.99. The largest absolute Gasteiger partial charge is 0.354 e. The molecule has 4 N–H and O–H groups in total. The van der Waals surface area contributed by atoms with E-state index in [0.29, 0.717) is 6.54 Å². The van der Waals surface area contributed by atoms with Crippen molar-refractivity contribution in [2.45, 2.75) is 39.2 Å². The Morgan fingerprint density at radius 3 is 2.29 bits per heavy atom. The van der Waals surface area contributed by atoms with Gasteiger partial charge in [-0.25, -0.2) is 4.79 Å². The molecule has 0 fully saturated rings. The molecule has 0 spiro atoms. The van der Waals surface area contributed by atoms with Gasteiger partial charge in [-0.15, -0.1) is 0 Å². The second-order valence-corrected chi connectivity index (χ2v) is 5.49. The van der Waals surface area contributed by atoms with Crippen LogP contribution in [0.3, 0.4) is 0 Å². The van der Waals surface area contributed by atoms with E-state index in [1.807, 2.05) is 32.0 Å². The minimum absolute atomic E-state index is 0.0192. The number of hydrogen-bond donors (Lipinski definition) is 3. The summed E-state index contributed by atoms with van der Waals surface area (Å²) in [5.41, 5.74) is 6.31. The van der Waals surface area contributed by atoms with E-state index in [-0.39, 0.29) is 17.7 Å². The molecule has 1 aromatic rings. The number of carbonyl (C=O) groups excluding carboxylic acids is 2. The zero-order chi connectivity index (χ0) is 15.8. The summed E-state index contributed by atoms with van der Waals surface area (Å²) in [6.45, 7) is 6.37. The standard InChI is InChI=1S/C16H25N3O2/c1-4-12(13-8-6-5-7-9-13)10-18-15(20)14(11(2)3)19-16(17)21/h5-9,11-12,14H,4,10H2,1-3H3,(H,18,20)(H3,17,19,21). The number of nitrogens with one attached hydrogen (secondary N) is 2. The molecule has 1 aromatic carbocycles. The van der Waals surface area contributed by atoms with Gasteiger partial charge in [0.2, 0.25) is 5.91 Å². The number of amides is 3. The van der Waals surface area contributed by atoms with E-state index >= 15 is 0 Å². The highest BCUT2D eigenvalue weighted by Gasteiger charge is 2.23. The van der Waals surface area contributed by atoms with Gasteiger partial charge in [0.1, 0.15) is 6.04 Å². The summed E-state index contributed by atoms with van der Waals surface area (Å²) in [6, 6.07) is 8.79. The lowest BCUT2D eigenvalue weighted by Crippen LogP contribution is -2.51. The first-order chi connectivity index (χ1) is 9.95. The molecule has 0 aromatic heterocycles. The molecule has 0 saturated carbocycles. The van der Waals surface area contributed by atoms with Crippen LogP contribution in [0.2, 0.25) is 0 Å². The van der Waals surface area contributed by atoms with E-state index in [9.17, 15) is 9.59 Å². The fourth-order valence-corrected chi connectivity index (χ4v) is 2.25. The molecule has 3 amide bonds. The van der Waals surface area contributed by atoms with E-state index in [4.69, 9.17) is 5.73 Å². The number of carbonyl (C=O) groups is 2. The first-order valence-electron chi connectivity index (χ1n) is 7.34. The summed E-state index contributed by atoms with van der Waals surface area (Å²) < 4.78 is 0. The Labute approximate surface area is 126 Å². The summed E-state index contributed by atoms with van der Waals surface area (Å²) in [5.74, 6) is 0.0454. The maximum Gasteiger partial charge on any atom is 0.312 e. The van der Waals surface area contributed by atoms with Gasteiger partial charge in [0.05, 0.1) is 0 Å². The van der Waals surface area contributed by atoms with Crippen molar-refractivity contribution < 1.29 is 9.59 Å². The van der Waals surface area contributed by atoms with Crippen LogP contribution in [0.25, 0.3) is 0 Å². The second kappa shape index (κ2) is 8.29. The monoisotopic (exact) mass is 291 g/mol. The fourth-order valence-electron chi connectivity index (χ4n) is 2.25. The number of nitrogens with two attached hydrogens (primary N) is 1. The third kappa shape index (κ3) is 5.45.